The molecule has 1 rings (SSSR count). The molecule has 0 unspecified atom stereocenters. The summed E-state index contributed by atoms with van der Waals surface area (Å²) in [4.78, 5) is 11.1. The molecule has 1 atom stereocenters. The van der Waals surface area contributed by atoms with Crippen LogP contribution in [0.5, 0.6) is 0 Å². The fourth-order valence-corrected chi connectivity index (χ4v) is 1.99. The normalized spacial score (nSPS) is 12.4. The highest BCUT2D eigenvalue weighted by atomic mass is 35.6. The molecule has 110 valence electrons. The van der Waals surface area contributed by atoms with Crippen molar-refractivity contribution in [3.8, 4) is 0 Å². The van der Waals surface area contributed by atoms with E-state index in [4.69, 9.17) is 58.6 Å². The quantitative estimate of drug-likeness (QED) is 0.430. The first-order chi connectivity index (χ1) is 9.20. The largest absolute Gasteiger partial charge is 0.339 e. The molecule has 0 spiro atoms. The number of hydrogen-bond donors (Lipinski definition) is 3. The van der Waals surface area contributed by atoms with Gasteiger partial charge < -0.3 is 16.0 Å². The molecule has 1 aromatic rings. The van der Waals surface area contributed by atoms with E-state index in [0.717, 1.165) is 0 Å². The molecule has 0 saturated carbocycles. The smallest absolute Gasteiger partial charge is 0.228 e. The molecule has 9 heteroatoms. The van der Waals surface area contributed by atoms with Gasteiger partial charge in [-0.3, -0.25) is 4.79 Å². The van der Waals surface area contributed by atoms with Crippen LogP contribution in [0.15, 0.2) is 24.3 Å². The van der Waals surface area contributed by atoms with Crippen molar-refractivity contribution in [3.05, 3.63) is 29.3 Å². The summed E-state index contributed by atoms with van der Waals surface area (Å²) in [5.74, 6) is -0.366. The maximum absolute atomic E-state index is 11.1. The first-order valence-corrected chi connectivity index (χ1v) is 7.28. The number of hydrogen-bond acceptors (Lipinski definition) is 2. The Morgan fingerprint density at radius 1 is 1.25 bits per heavy atom. The summed E-state index contributed by atoms with van der Waals surface area (Å²) in [6.45, 7) is 1.30. The Labute approximate surface area is 142 Å². The summed E-state index contributed by atoms with van der Waals surface area (Å²) in [6.07, 6.45) is -0.979. The van der Waals surface area contributed by atoms with Crippen LogP contribution in [0.1, 0.15) is 6.92 Å². The fourth-order valence-electron chi connectivity index (χ4n) is 1.26. The molecular formula is C11H11Cl4N3OS. The molecule has 0 aliphatic heterocycles. The molecule has 0 saturated heterocycles. The van der Waals surface area contributed by atoms with Gasteiger partial charge in [-0.25, -0.2) is 0 Å². The highest BCUT2D eigenvalue weighted by Gasteiger charge is 2.34. The Morgan fingerprint density at radius 2 is 1.85 bits per heavy atom. The molecule has 0 fully saturated rings. The maximum atomic E-state index is 11.1. The molecule has 0 heterocycles. The van der Waals surface area contributed by atoms with Gasteiger partial charge in [0.25, 0.3) is 0 Å². The maximum Gasteiger partial charge on any atom is 0.228 e. The Balaban J connectivity index is 2.72. The summed E-state index contributed by atoms with van der Waals surface area (Å²) in [7, 11) is 0. The summed E-state index contributed by atoms with van der Waals surface area (Å²) >= 11 is 28.4. The van der Waals surface area contributed by atoms with Crippen molar-refractivity contribution < 1.29 is 4.79 Å². The first-order valence-electron chi connectivity index (χ1n) is 5.36. The second kappa shape index (κ2) is 7.52. The monoisotopic (exact) mass is 373 g/mol. The van der Waals surface area contributed by atoms with Crippen molar-refractivity contribution in [3.63, 3.8) is 0 Å². The molecule has 20 heavy (non-hydrogen) atoms. The van der Waals surface area contributed by atoms with E-state index in [2.05, 4.69) is 16.0 Å². The van der Waals surface area contributed by atoms with Crippen LogP contribution in [0.3, 0.4) is 0 Å². The molecule has 0 aliphatic carbocycles. The van der Waals surface area contributed by atoms with Gasteiger partial charge in [0.15, 0.2) is 5.11 Å². The minimum atomic E-state index is -1.77. The molecule has 4 nitrogen and oxygen atoms in total. The average Bonchev–Trinajstić information content (AvgIpc) is 2.29. The van der Waals surface area contributed by atoms with E-state index >= 15 is 0 Å². The van der Waals surface area contributed by atoms with Crippen molar-refractivity contribution in [1.29, 1.82) is 0 Å². The van der Waals surface area contributed by atoms with Gasteiger partial charge >= 0.3 is 0 Å². The number of alkyl halides is 3. The molecule has 0 radical (unpaired) electrons. The van der Waals surface area contributed by atoms with Gasteiger partial charge in [0, 0.05) is 6.92 Å². The second-order valence-corrected chi connectivity index (χ2v) is 6.94. The van der Waals surface area contributed by atoms with Crippen LogP contribution >= 0.6 is 58.6 Å². The van der Waals surface area contributed by atoms with Crippen LogP contribution in [0.25, 0.3) is 0 Å². The van der Waals surface area contributed by atoms with E-state index in [1.54, 1.807) is 24.3 Å². The Morgan fingerprint density at radius 3 is 2.35 bits per heavy atom. The predicted molar refractivity (Wildman–Crippen MR) is 88.7 cm³/mol. The van der Waals surface area contributed by atoms with Gasteiger partial charge in [-0.1, -0.05) is 58.5 Å². The van der Waals surface area contributed by atoms with Gasteiger partial charge in [-0.2, -0.15) is 0 Å². The van der Waals surface area contributed by atoms with Crippen LogP contribution in [-0.4, -0.2) is 21.0 Å². The lowest BCUT2D eigenvalue weighted by molar-refractivity contribution is -0.119. The van der Waals surface area contributed by atoms with Crippen molar-refractivity contribution in [2.75, 3.05) is 5.32 Å². The summed E-state index contributed by atoms with van der Waals surface area (Å²) in [5.41, 5.74) is 0.595. The van der Waals surface area contributed by atoms with Crippen LogP contribution in [0, 0.1) is 0 Å². The zero-order valence-electron chi connectivity index (χ0n) is 10.2. The molecule has 0 bridgehead atoms. The Kier molecular flexibility index (Phi) is 6.61. The number of benzene rings is 1. The zero-order chi connectivity index (χ0) is 15.3. The highest BCUT2D eigenvalue weighted by molar-refractivity contribution is 7.80. The number of anilines is 1. The van der Waals surface area contributed by atoms with E-state index in [1.807, 2.05) is 0 Å². The van der Waals surface area contributed by atoms with Crippen LogP contribution < -0.4 is 16.0 Å². The number of rotatable bonds is 3. The van der Waals surface area contributed by atoms with Crippen molar-refractivity contribution in [2.24, 2.45) is 0 Å². The third-order valence-electron chi connectivity index (χ3n) is 2.07. The van der Waals surface area contributed by atoms with Gasteiger partial charge in [-0.15, -0.1) is 0 Å². The number of carbonyl (C=O) groups excluding carboxylic acids is 1. The first kappa shape index (κ1) is 17.6. The topological polar surface area (TPSA) is 53.2 Å². The number of amides is 1. The van der Waals surface area contributed by atoms with Gasteiger partial charge in [0.2, 0.25) is 9.70 Å². The fraction of sp³-hybridized carbons (Fsp3) is 0.273. The zero-order valence-corrected chi connectivity index (χ0v) is 14.1. The molecule has 0 aromatic heterocycles. The SMILES string of the molecule is CC(=O)N[C@@H](NC(=S)Nc1ccccc1Cl)C(Cl)(Cl)Cl. The van der Waals surface area contributed by atoms with E-state index in [0.29, 0.717) is 10.7 Å². The van der Waals surface area contributed by atoms with E-state index in [9.17, 15) is 4.79 Å². The lowest BCUT2D eigenvalue weighted by atomic mass is 10.3. The predicted octanol–water partition coefficient (Wildman–Crippen LogP) is 3.46. The number of nitrogens with one attached hydrogen (secondary N) is 3. The van der Waals surface area contributed by atoms with Crippen molar-refractivity contribution >= 4 is 75.3 Å². The lowest BCUT2D eigenvalue weighted by Gasteiger charge is -2.27. The molecular weight excluding hydrogens is 364 g/mol. The lowest BCUT2D eigenvalue weighted by Crippen LogP contribution is -2.55. The number of halogens is 4. The summed E-state index contributed by atoms with van der Waals surface area (Å²) in [6, 6.07) is 7.01. The van der Waals surface area contributed by atoms with E-state index < -0.39 is 9.96 Å². The van der Waals surface area contributed by atoms with E-state index in [1.165, 1.54) is 6.92 Å². The van der Waals surface area contributed by atoms with Gasteiger partial charge in [-0.05, 0) is 24.4 Å². The van der Waals surface area contributed by atoms with Crippen LogP contribution in [0.2, 0.25) is 5.02 Å². The summed E-state index contributed by atoms with van der Waals surface area (Å²) < 4.78 is -1.77. The average molecular weight is 375 g/mol. The number of thiocarbonyl (C=S) groups is 1. The van der Waals surface area contributed by atoms with Crippen molar-refractivity contribution in [1.82, 2.24) is 10.6 Å². The number of para-hydroxylation sites is 1. The third kappa shape index (κ3) is 5.89. The molecule has 3 N–H and O–H groups in total. The highest BCUT2D eigenvalue weighted by Crippen LogP contribution is 2.29. The van der Waals surface area contributed by atoms with Gasteiger partial charge in [0.1, 0.15) is 6.17 Å². The summed E-state index contributed by atoms with van der Waals surface area (Å²) in [5, 5.41) is 8.63. The second-order valence-electron chi connectivity index (χ2n) is 3.75. The van der Waals surface area contributed by atoms with E-state index in [-0.39, 0.29) is 11.0 Å². The molecule has 0 aliphatic rings. The molecule has 1 amide bonds. The Hall–Kier alpha value is -0.460. The van der Waals surface area contributed by atoms with Gasteiger partial charge in [0.05, 0.1) is 10.7 Å². The Bertz CT molecular complexity index is 507. The van der Waals surface area contributed by atoms with Crippen molar-refractivity contribution in [2.45, 2.75) is 16.9 Å². The molecule has 1 aromatic carbocycles. The standard InChI is InChI=1S/C11H11Cl4N3OS/c1-6(19)16-9(11(13,14)15)18-10(20)17-8-5-3-2-4-7(8)12/h2-5,9H,1H3,(H,16,19)(H2,17,18,20)/t9-/m0/s1. The number of carbonyl (C=O) groups is 1. The van der Waals surface area contributed by atoms with Crippen LogP contribution in [0.4, 0.5) is 5.69 Å². The minimum absolute atomic E-state index is 0.156. The third-order valence-corrected chi connectivity index (χ3v) is 3.28. The van der Waals surface area contributed by atoms with Crippen LogP contribution in [-0.2, 0) is 4.79 Å². The minimum Gasteiger partial charge on any atom is -0.339 e.